The lowest BCUT2D eigenvalue weighted by molar-refractivity contribution is 0.881. The summed E-state index contributed by atoms with van der Waals surface area (Å²) in [4.78, 5) is 8.17. The Morgan fingerprint density at radius 2 is 2.00 bits per heavy atom. The van der Waals surface area contributed by atoms with Gasteiger partial charge in [-0.3, -0.25) is 0 Å². The molecule has 2 aromatic heterocycles. The molecule has 0 saturated carbocycles. The molecule has 0 atom stereocenters. The lowest BCUT2D eigenvalue weighted by atomic mass is 10.1. The van der Waals surface area contributed by atoms with Crippen molar-refractivity contribution in [1.29, 1.82) is 0 Å². The maximum Gasteiger partial charge on any atom is 0.115 e. The lowest BCUT2D eigenvalue weighted by Gasteiger charge is -2.02. The van der Waals surface area contributed by atoms with Crippen LogP contribution in [-0.2, 0) is 6.42 Å². The summed E-state index contributed by atoms with van der Waals surface area (Å²) in [7, 11) is 0. The van der Waals surface area contributed by atoms with Gasteiger partial charge in [-0.15, -0.1) is 0 Å². The second-order valence-corrected chi connectivity index (χ2v) is 3.50. The Labute approximate surface area is 88.4 Å². The second-order valence-electron chi connectivity index (χ2n) is 3.50. The molecule has 0 spiro atoms. The van der Waals surface area contributed by atoms with Crippen molar-refractivity contribution in [3.63, 3.8) is 0 Å². The molecular formula is C11H12N4. The van der Waals surface area contributed by atoms with Gasteiger partial charge in [-0.05, 0) is 31.5 Å². The molecule has 0 aliphatic heterocycles. The fourth-order valence-electron chi connectivity index (χ4n) is 1.30. The zero-order chi connectivity index (χ0) is 10.7. The minimum atomic E-state index is 0.710. The van der Waals surface area contributed by atoms with Crippen LogP contribution in [0.3, 0.4) is 0 Å². The molecule has 0 aliphatic carbocycles. The minimum Gasteiger partial charge on any atom is -0.245 e. The lowest BCUT2D eigenvalue weighted by Crippen LogP contribution is -2.00. The molecule has 2 rings (SSSR count). The van der Waals surface area contributed by atoms with Crippen molar-refractivity contribution < 1.29 is 0 Å². The highest BCUT2D eigenvalue weighted by Crippen LogP contribution is 2.07. The Bertz CT molecular complexity index is 450. The normalized spacial score (nSPS) is 10.3. The molecule has 76 valence electrons. The summed E-state index contributed by atoms with van der Waals surface area (Å²) in [6.07, 6.45) is 4.08. The number of aryl methyl sites for hydroxylation is 2. The molecule has 0 N–H and O–H groups in total. The number of aromatic nitrogens is 4. The predicted octanol–water partition coefficient (Wildman–Crippen LogP) is 1.47. The zero-order valence-corrected chi connectivity index (χ0v) is 8.81. The summed E-state index contributed by atoms with van der Waals surface area (Å²) in [6.45, 7) is 3.92. The van der Waals surface area contributed by atoms with Crippen LogP contribution in [0.4, 0.5) is 0 Å². The van der Waals surface area contributed by atoms with Crippen LogP contribution in [0.25, 0.3) is 0 Å². The van der Waals surface area contributed by atoms with Gasteiger partial charge in [0.1, 0.15) is 6.33 Å². The SMILES string of the molecule is Cc1ccc(Cc2ncncc2C)nn1. The largest absolute Gasteiger partial charge is 0.245 e. The topological polar surface area (TPSA) is 51.6 Å². The first-order chi connectivity index (χ1) is 7.25. The van der Waals surface area contributed by atoms with Gasteiger partial charge in [0.2, 0.25) is 0 Å². The smallest absolute Gasteiger partial charge is 0.115 e. The molecule has 0 bridgehead atoms. The first-order valence-electron chi connectivity index (χ1n) is 4.80. The maximum absolute atomic E-state index is 4.22. The van der Waals surface area contributed by atoms with E-state index in [1.165, 1.54) is 0 Å². The summed E-state index contributed by atoms with van der Waals surface area (Å²) >= 11 is 0. The van der Waals surface area contributed by atoms with E-state index in [9.17, 15) is 0 Å². The van der Waals surface area contributed by atoms with E-state index < -0.39 is 0 Å². The number of rotatable bonds is 2. The van der Waals surface area contributed by atoms with E-state index in [4.69, 9.17) is 0 Å². The molecule has 0 aromatic carbocycles. The van der Waals surface area contributed by atoms with E-state index >= 15 is 0 Å². The van der Waals surface area contributed by atoms with E-state index in [2.05, 4.69) is 20.2 Å². The number of hydrogen-bond donors (Lipinski definition) is 0. The molecule has 2 aromatic rings. The predicted molar refractivity (Wildman–Crippen MR) is 56.3 cm³/mol. The highest BCUT2D eigenvalue weighted by atomic mass is 15.1. The summed E-state index contributed by atoms with van der Waals surface area (Å²) < 4.78 is 0. The third kappa shape index (κ3) is 2.34. The van der Waals surface area contributed by atoms with Crippen molar-refractivity contribution >= 4 is 0 Å². The van der Waals surface area contributed by atoms with Gasteiger partial charge in [-0.1, -0.05) is 0 Å². The van der Waals surface area contributed by atoms with Gasteiger partial charge in [-0.2, -0.15) is 10.2 Å². The average molecular weight is 200 g/mol. The Morgan fingerprint density at radius 1 is 1.13 bits per heavy atom. The van der Waals surface area contributed by atoms with Crippen LogP contribution < -0.4 is 0 Å². The van der Waals surface area contributed by atoms with E-state index in [0.717, 1.165) is 22.6 Å². The van der Waals surface area contributed by atoms with Gasteiger partial charge in [0, 0.05) is 12.6 Å². The third-order valence-corrected chi connectivity index (χ3v) is 2.21. The van der Waals surface area contributed by atoms with Crippen molar-refractivity contribution in [3.8, 4) is 0 Å². The van der Waals surface area contributed by atoms with Crippen molar-refractivity contribution in [2.75, 3.05) is 0 Å². The monoisotopic (exact) mass is 200 g/mol. The minimum absolute atomic E-state index is 0.710. The molecule has 0 saturated heterocycles. The standard InChI is InChI=1S/C11H12N4/c1-8-6-12-7-13-11(8)5-10-4-3-9(2)14-15-10/h3-4,6-7H,5H2,1-2H3. The Balaban J connectivity index is 2.22. The molecule has 4 heteroatoms. The molecule has 0 radical (unpaired) electrons. The van der Waals surface area contributed by atoms with Gasteiger partial charge >= 0.3 is 0 Å². The van der Waals surface area contributed by atoms with Crippen molar-refractivity contribution in [2.45, 2.75) is 20.3 Å². The van der Waals surface area contributed by atoms with Crippen LogP contribution in [-0.4, -0.2) is 20.2 Å². The molecular weight excluding hydrogens is 188 g/mol. The van der Waals surface area contributed by atoms with Gasteiger partial charge < -0.3 is 0 Å². The van der Waals surface area contributed by atoms with Crippen molar-refractivity contribution in [1.82, 2.24) is 20.2 Å². The molecule has 0 aliphatic rings. The Kier molecular flexibility index (Phi) is 2.67. The summed E-state index contributed by atoms with van der Waals surface area (Å²) in [6, 6.07) is 3.93. The molecule has 15 heavy (non-hydrogen) atoms. The van der Waals surface area contributed by atoms with Gasteiger partial charge in [-0.25, -0.2) is 9.97 Å². The average Bonchev–Trinajstić information content (AvgIpc) is 2.25. The van der Waals surface area contributed by atoms with E-state index in [1.54, 1.807) is 6.33 Å². The third-order valence-electron chi connectivity index (χ3n) is 2.21. The zero-order valence-electron chi connectivity index (χ0n) is 8.81. The number of nitrogens with zero attached hydrogens (tertiary/aromatic N) is 4. The maximum atomic E-state index is 4.22. The summed E-state index contributed by atoms with van der Waals surface area (Å²) in [5, 5.41) is 8.12. The summed E-state index contributed by atoms with van der Waals surface area (Å²) in [5.41, 5.74) is 3.95. The fraction of sp³-hybridized carbons (Fsp3) is 0.273. The van der Waals surface area contributed by atoms with Crippen LogP contribution in [0.5, 0.6) is 0 Å². The van der Waals surface area contributed by atoms with Crippen LogP contribution in [0.15, 0.2) is 24.7 Å². The highest BCUT2D eigenvalue weighted by molar-refractivity contribution is 5.20. The molecule has 2 heterocycles. The van der Waals surface area contributed by atoms with Crippen LogP contribution in [0.1, 0.15) is 22.6 Å². The van der Waals surface area contributed by atoms with E-state index in [0.29, 0.717) is 6.42 Å². The molecule has 0 fully saturated rings. The first kappa shape index (κ1) is 9.71. The Hall–Kier alpha value is -1.84. The van der Waals surface area contributed by atoms with Gasteiger partial charge in [0.15, 0.2) is 0 Å². The van der Waals surface area contributed by atoms with Crippen molar-refractivity contribution in [3.05, 3.63) is 47.3 Å². The second kappa shape index (κ2) is 4.13. The molecule has 4 nitrogen and oxygen atoms in total. The van der Waals surface area contributed by atoms with Crippen molar-refractivity contribution in [2.24, 2.45) is 0 Å². The first-order valence-corrected chi connectivity index (χ1v) is 4.80. The van der Waals surface area contributed by atoms with Crippen LogP contribution >= 0.6 is 0 Å². The quantitative estimate of drug-likeness (QED) is 0.736. The Morgan fingerprint density at radius 3 is 2.67 bits per heavy atom. The summed E-state index contributed by atoms with van der Waals surface area (Å²) in [5.74, 6) is 0. The van der Waals surface area contributed by atoms with Crippen LogP contribution in [0, 0.1) is 13.8 Å². The molecule has 0 amide bonds. The number of hydrogen-bond acceptors (Lipinski definition) is 4. The van der Waals surface area contributed by atoms with Gasteiger partial charge in [0.25, 0.3) is 0 Å². The molecule has 0 unspecified atom stereocenters. The fourth-order valence-corrected chi connectivity index (χ4v) is 1.30. The highest BCUT2D eigenvalue weighted by Gasteiger charge is 2.02. The van der Waals surface area contributed by atoms with E-state index in [1.807, 2.05) is 32.2 Å². The van der Waals surface area contributed by atoms with E-state index in [-0.39, 0.29) is 0 Å². The van der Waals surface area contributed by atoms with Gasteiger partial charge in [0.05, 0.1) is 17.1 Å². The van der Waals surface area contributed by atoms with Crippen LogP contribution in [0.2, 0.25) is 0 Å².